The van der Waals surface area contributed by atoms with Gasteiger partial charge in [-0.05, 0) is 37.3 Å². The van der Waals surface area contributed by atoms with E-state index in [9.17, 15) is 9.90 Å². The number of piperidine rings is 1. The number of nitrogens with zero attached hydrogens (tertiary/aromatic N) is 2. The van der Waals surface area contributed by atoms with Gasteiger partial charge in [0.05, 0.1) is 5.69 Å². The van der Waals surface area contributed by atoms with Crippen molar-refractivity contribution in [1.29, 1.82) is 0 Å². The number of carbonyl (C=O) groups is 1. The summed E-state index contributed by atoms with van der Waals surface area (Å²) in [6.45, 7) is 1.00. The molecule has 0 saturated carbocycles. The van der Waals surface area contributed by atoms with E-state index in [0.29, 0.717) is 17.8 Å². The highest BCUT2D eigenvalue weighted by atomic mass is 16.4. The summed E-state index contributed by atoms with van der Waals surface area (Å²) in [5, 5.41) is 14.0. The van der Waals surface area contributed by atoms with Crippen LogP contribution in [0.1, 0.15) is 41.6 Å². The van der Waals surface area contributed by atoms with Crippen molar-refractivity contribution in [3.8, 4) is 0 Å². The van der Waals surface area contributed by atoms with Gasteiger partial charge in [0.1, 0.15) is 11.2 Å². The van der Waals surface area contributed by atoms with E-state index < -0.39 is 5.97 Å². The molecule has 2 fully saturated rings. The molecule has 6 nitrogen and oxygen atoms in total. The minimum absolute atomic E-state index is 0.242. The number of aromatic nitrogens is 2. The first kappa shape index (κ1) is 17.3. The maximum Gasteiger partial charge on any atom is 0.339 e. The average molecular weight is 376 g/mol. The van der Waals surface area contributed by atoms with E-state index in [2.05, 4.69) is 50.5 Å². The molecule has 2 aromatic heterocycles. The van der Waals surface area contributed by atoms with Gasteiger partial charge in [0.25, 0.3) is 0 Å². The van der Waals surface area contributed by atoms with Crippen molar-refractivity contribution in [2.24, 2.45) is 0 Å². The van der Waals surface area contributed by atoms with Gasteiger partial charge in [-0.25, -0.2) is 9.78 Å². The van der Waals surface area contributed by atoms with Crippen molar-refractivity contribution in [2.75, 3.05) is 5.32 Å². The molecule has 0 aliphatic carbocycles. The summed E-state index contributed by atoms with van der Waals surface area (Å²) >= 11 is 0. The number of hydrogen-bond donors (Lipinski definition) is 3. The Labute approximate surface area is 163 Å². The Kier molecular flexibility index (Phi) is 4.28. The number of fused-ring (bicyclic) bond motifs is 3. The van der Waals surface area contributed by atoms with Gasteiger partial charge in [0.2, 0.25) is 0 Å². The summed E-state index contributed by atoms with van der Waals surface area (Å²) in [6, 6.07) is 13.9. The predicted molar refractivity (Wildman–Crippen MR) is 108 cm³/mol. The fraction of sp³-hybridized carbons (Fsp3) is 0.364. The van der Waals surface area contributed by atoms with Gasteiger partial charge in [-0.3, -0.25) is 4.90 Å². The predicted octanol–water partition coefficient (Wildman–Crippen LogP) is 3.87. The summed E-state index contributed by atoms with van der Waals surface area (Å²) in [5.41, 5.74) is 3.02. The molecule has 144 valence electrons. The Balaban J connectivity index is 1.36. The number of rotatable bonds is 5. The maximum absolute atomic E-state index is 11.7. The van der Waals surface area contributed by atoms with Gasteiger partial charge in [-0.15, -0.1) is 0 Å². The average Bonchev–Trinajstić information content (AvgIpc) is 3.25. The first-order valence-corrected chi connectivity index (χ1v) is 9.94. The molecule has 4 heterocycles. The van der Waals surface area contributed by atoms with E-state index in [4.69, 9.17) is 0 Å². The molecule has 1 aromatic carbocycles. The highest BCUT2D eigenvalue weighted by Crippen LogP contribution is 2.39. The summed E-state index contributed by atoms with van der Waals surface area (Å²) in [5.74, 6) is -0.942. The number of benzene rings is 1. The van der Waals surface area contributed by atoms with Crippen LogP contribution in [0.25, 0.3) is 11.0 Å². The maximum atomic E-state index is 11.7. The zero-order valence-electron chi connectivity index (χ0n) is 15.6. The molecule has 2 bridgehead atoms. The molecular formula is C22H24N4O2. The molecule has 0 amide bonds. The fourth-order valence-corrected chi connectivity index (χ4v) is 4.97. The first-order chi connectivity index (χ1) is 13.7. The highest BCUT2D eigenvalue weighted by molar-refractivity contribution is 6.03. The molecule has 6 heteroatoms. The topological polar surface area (TPSA) is 81.2 Å². The molecular weight excluding hydrogens is 352 g/mol. The van der Waals surface area contributed by atoms with Crippen molar-refractivity contribution >= 4 is 22.7 Å². The summed E-state index contributed by atoms with van der Waals surface area (Å²) in [6.07, 6.45) is 7.77. The normalized spacial score (nSPS) is 24.5. The monoisotopic (exact) mass is 376 g/mol. The van der Waals surface area contributed by atoms with Gasteiger partial charge >= 0.3 is 5.97 Å². The third kappa shape index (κ3) is 3.03. The molecule has 0 radical (unpaired) electrons. The molecule has 0 spiro atoms. The van der Waals surface area contributed by atoms with Crippen molar-refractivity contribution in [1.82, 2.24) is 14.9 Å². The fourth-order valence-electron chi connectivity index (χ4n) is 4.97. The largest absolute Gasteiger partial charge is 0.478 e. The second-order valence-corrected chi connectivity index (χ2v) is 7.95. The van der Waals surface area contributed by atoms with Crippen LogP contribution >= 0.6 is 0 Å². The second-order valence-electron chi connectivity index (χ2n) is 7.95. The number of carboxylic acid groups (broad SMARTS) is 1. The standard InChI is InChI=1S/C22H24N4O2/c27-22(28)19-12-24-21-18(8-9-23-21)20(19)25-15-10-16-6-7-17(11-15)26(16)13-14-4-2-1-3-5-14/h1-5,8-9,12,15-17H,6-7,10-11,13H2,(H,27,28)(H2,23,24,25)/t15-,16+,17-. The van der Waals surface area contributed by atoms with Crippen LogP contribution in [-0.4, -0.2) is 44.1 Å². The first-order valence-electron chi connectivity index (χ1n) is 9.94. The lowest BCUT2D eigenvalue weighted by atomic mass is 9.95. The zero-order chi connectivity index (χ0) is 19.1. The number of carboxylic acids is 1. The molecule has 3 aromatic rings. The zero-order valence-corrected chi connectivity index (χ0v) is 15.6. The Morgan fingerprint density at radius 2 is 1.93 bits per heavy atom. The molecule has 3 atom stereocenters. The minimum atomic E-state index is -0.942. The minimum Gasteiger partial charge on any atom is -0.478 e. The third-order valence-electron chi connectivity index (χ3n) is 6.26. The van der Waals surface area contributed by atoms with Gasteiger partial charge in [-0.2, -0.15) is 0 Å². The van der Waals surface area contributed by atoms with Crippen LogP contribution < -0.4 is 5.32 Å². The summed E-state index contributed by atoms with van der Waals surface area (Å²) < 4.78 is 0. The molecule has 5 rings (SSSR count). The SMILES string of the molecule is O=C(O)c1cnc2[nH]ccc2c1N[C@H]1C[C@H]2CC[C@@H](C1)N2Cc1ccccc1. The lowest BCUT2D eigenvalue weighted by Crippen LogP contribution is -2.46. The molecule has 0 unspecified atom stereocenters. The quantitative estimate of drug-likeness (QED) is 0.630. The van der Waals surface area contributed by atoms with Crippen LogP contribution in [0.3, 0.4) is 0 Å². The van der Waals surface area contributed by atoms with Gasteiger partial charge in [0.15, 0.2) is 0 Å². The summed E-state index contributed by atoms with van der Waals surface area (Å²) in [4.78, 5) is 21.7. The van der Waals surface area contributed by atoms with Crippen LogP contribution in [-0.2, 0) is 6.54 Å². The Morgan fingerprint density at radius 1 is 1.18 bits per heavy atom. The Morgan fingerprint density at radius 3 is 2.64 bits per heavy atom. The summed E-state index contributed by atoms with van der Waals surface area (Å²) in [7, 11) is 0. The lowest BCUT2D eigenvalue weighted by molar-refractivity contribution is 0.0697. The van der Waals surface area contributed by atoms with E-state index in [-0.39, 0.29) is 11.6 Å². The number of aromatic amines is 1. The molecule has 3 N–H and O–H groups in total. The van der Waals surface area contributed by atoms with Crippen molar-refractivity contribution in [3.05, 3.63) is 59.9 Å². The Bertz CT molecular complexity index is 986. The smallest absolute Gasteiger partial charge is 0.339 e. The van der Waals surface area contributed by atoms with Crippen LogP contribution in [0, 0.1) is 0 Å². The number of H-pyrrole nitrogens is 1. The second kappa shape index (κ2) is 6.95. The van der Waals surface area contributed by atoms with Crippen LogP contribution in [0.4, 0.5) is 5.69 Å². The van der Waals surface area contributed by atoms with E-state index in [1.807, 2.05) is 6.07 Å². The van der Waals surface area contributed by atoms with Crippen molar-refractivity contribution < 1.29 is 9.90 Å². The molecule has 2 saturated heterocycles. The van der Waals surface area contributed by atoms with E-state index in [0.717, 1.165) is 30.4 Å². The van der Waals surface area contributed by atoms with Gasteiger partial charge < -0.3 is 15.4 Å². The van der Waals surface area contributed by atoms with Crippen molar-refractivity contribution in [3.63, 3.8) is 0 Å². The number of anilines is 1. The third-order valence-corrected chi connectivity index (χ3v) is 6.26. The van der Waals surface area contributed by atoms with Gasteiger partial charge in [0, 0.05) is 42.5 Å². The van der Waals surface area contributed by atoms with Gasteiger partial charge in [-0.1, -0.05) is 30.3 Å². The number of aromatic carboxylic acids is 1. The molecule has 28 heavy (non-hydrogen) atoms. The number of hydrogen-bond acceptors (Lipinski definition) is 4. The highest BCUT2D eigenvalue weighted by Gasteiger charge is 2.40. The number of pyridine rings is 1. The van der Waals surface area contributed by atoms with Crippen molar-refractivity contribution in [2.45, 2.75) is 50.4 Å². The van der Waals surface area contributed by atoms with Crippen LogP contribution in [0.5, 0.6) is 0 Å². The Hall–Kier alpha value is -2.86. The van der Waals surface area contributed by atoms with E-state index >= 15 is 0 Å². The molecule has 2 aliphatic rings. The van der Waals surface area contributed by atoms with E-state index in [1.165, 1.54) is 24.6 Å². The van der Waals surface area contributed by atoms with Crippen LogP contribution in [0.15, 0.2) is 48.8 Å². The van der Waals surface area contributed by atoms with E-state index in [1.54, 1.807) is 6.20 Å². The lowest BCUT2D eigenvalue weighted by Gasteiger charge is -2.39. The van der Waals surface area contributed by atoms with Crippen LogP contribution in [0.2, 0.25) is 0 Å². The number of nitrogens with one attached hydrogen (secondary N) is 2. The molecule has 2 aliphatic heterocycles.